The van der Waals surface area contributed by atoms with Crippen molar-refractivity contribution in [2.45, 2.75) is 26.2 Å². The molecular formula is C20H22N2O. The molecule has 0 atom stereocenters. The fourth-order valence-corrected chi connectivity index (χ4v) is 2.63. The molecule has 2 heterocycles. The first kappa shape index (κ1) is 15.5. The molecule has 0 spiro atoms. The maximum absolute atomic E-state index is 5.81. The van der Waals surface area contributed by atoms with Gasteiger partial charge in [-0.1, -0.05) is 19.4 Å². The van der Waals surface area contributed by atoms with Crippen molar-refractivity contribution < 1.29 is 4.74 Å². The fourth-order valence-electron chi connectivity index (χ4n) is 2.63. The van der Waals surface area contributed by atoms with Crippen molar-refractivity contribution in [3.8, 4) is 5.75 Å². The van der Waals surface area contributed by atoms with E-state index in [-0.39, 0.29) is 0 Å². The van der Waals surface area contributed by atoms with E-state index in [9.17, 15) is 0 Å². The zero-order valence-electron chi connectivity index (χ0n) is 13.5. The van der Waals surface area contributed by atoms with Crippen molar-refractivity contribution >= 4 is 11.8 Å². The number of aromatic nitrogens is 1. The predicted octanol–water partition coefficient (Wildman–Crippen LogP) is 4.32. The van der Waals surface area contributed by atoms with E-state index in [2.05, 4.69) is 47.3 Å². The second-order valence-electron chi connectivity index (χ2n) is 5.65. The summed E-state index contributed by atoms with van der Waals surface area (Å²) in [6.07, 6.45) is 11.0. The highest BCUT2D eigenvalue weighted by Gasteiger charge is 2.13. The number of fused-ring (bicyclic) bond motifs is 1. The van der Waals surface area contributed by atoms with E-state index in [1.807, 2.05) is 12.1 Å². The molecule has 118 valence electrons. The highest BCUT2D eigenvalue weighted by atomic mass is 16.5. The monoisotopic (exact) mass is 306 g/mol. The lowest BCUT2D eigenvalue weighted by Gasteiger charge is -2.16. The van der Waals surface area contributed by atoms with E-state index in [1.54, 1.807) is 12.4 Å². The van der Waals surface area contributed by atoms with Gasteiger partial charge in [-0.05, 0) is 60.4 Å². The number of rotatable bonds is 6. The third-order valence-corrected chi connectivity index (χ3v) is 3.92. The SMILES string of the molecule is CCCCOc1ccc2c(c1)CCN=C2C=Cc1ccncc1. The molecule has 2 aromatic rings. The highest BCUT2D eigenvalue weighted by Crippen LogP contribution is 2.23. The molecule has 0 saturated carbocycles. The van der Waals surface area contributed by atoms with Gasteiger partial charge >= 0.3 is 0 Å². The van der Waals surface area contributed by atoms with E-state index in [1.165, 1.54) is 11.1 Å². The molecule has 1 aromatic heterocycles. The van der Waals surface area contributed by atoms with Crippen LogP contribution in [0.2, 0.25) is 0 Å². The molecule has 0 saturated heterocycles. The lowest BCUT2D eigenvalue weighted by molar-refractivity contribution is 0.309. The minimum absolute atomic E-state index is 0.790. The van der Waals surface area contributed by atoms with Crippen LogP contribution in [-0.4, -0.2) is 23.8 Å². The predicted molar refractivity (Wildman–Crippen MR) is 95.2 cm³/mol. The van der Waals surface area contributed by atoms with Crippen LogP contribution in [0.4, 0.5) is 0 Å². The number of hydrogen-bond donors (Lipinski definition) is 0. The number of pyridine rings is 1. The molecule has 23 heavy (non-hydrogen) atoms. The molecule has 0 unspecified atom stereocenters. The topological polar surface area (TPSA) is 34.5 Å². The van der Waals surface area contributed by atoms with Crippen molar-refractivity contribution in [3.05, 3.63) is 65.5 Å². The normalized spacial score (nSPS) is 13.7. The average Bonchev–Trinajstić information content (AvgIpc) is 2.61. The smallest absolute Gasteiger partial charge is 0.119 e. The van der Waals surface area contributed by atoms with Crippen LogP contribution in [-0.2, 0) is 6.42 Å². The second-order valence-corrected chi connectivity index (χ2v) is 5.65. The Labute approximate surface area is 137 Å². The van der Waals surface area contributed by atoms with Gasteiger partial charge in [-0.15, -0.1) is 0 Å². The summed E-state index contributed by atoms with van der Waals surface area (Å²) in [5.74, 6) is 0.969. The molecule has 3 heteroatoms. The Morgan fingerprint density at radius 1 is 1.13 bits per heavy atom. The van der Waals surface area contributed by atoms with Crippen LogP contribution in [0.3, 0.4) is 0 Å². The average molecular weight is 306 g/mol. The first-order chi connectivity index (χ1) is 11.4. The molecule has 1 aromatic carbocycles. The van der Waals surface area contributed by atoms with Gasteiger partial charge in [-0.25, -0.2) is 0 Å². The molecule has 1 aliphatic rings. The Morgan fingerprint density at radius 3 is 2.83 bits per heavy atom. The van der Waals surface area contributed by atoms with Crippen LogP contribution in [0.1, 0.15) is 36.5 Å². The summed E-state index contributed by atoms with van der Waals surface area (Å²) < 4.78 is 5.81. The Bertz CT molecular complexity index is 705. The van der Waals surface area contributed by atoms with Gasteiger partial charge in [0.25, 0.3) is 0 Å². The first-order valence-corrected chi connectivity index (χ1v) is 8.25. The van der Waals surface area contributed by atoms with Crippen molar-refractivity contribution in [2.24, 2.45) is 4.99 Å². The van der Waals surface area contributed by atoms with Crippen LogP contribution in [0.5, 0.6) is 5.75 Å². The Balaban J connectivity index is 1.76. The summed E-state index contributed by atoms with van der Waals surface area (Å²) >= 11 is 0. The zero-order chi connectivity index (χ0) is 15.9. The van der Waals surface area contributed by atoms with Gasteiger partial charge in [-0.2, -0.15) is 0 Å². The van der Waals surface area contributed by atoms with Crippen LogP contribution in [0, 0.1) is 0 Å². The molecule has 1 aliphatic heterocycles. The molecule has 3 rings (SSSR count). The van der Waals surface area contributed by atoms with Gasteiger partial charge in [0.15, 0.2) is 0 Å². The molecule has 0 fully saturated rings. The largest absolute Gasteiger partial charge is 0.494 e. The number of benzene rings is 1. The zero-order valence-corrected chi connectivity index (χ0v) is 13.5. The second kappa shape index (κ2) is 7.73. The minimum atomic E-state index is 0.790. The third kappa shape index (κ3) is 4.07. The molecule has 0 bridgehead atoms. The molecule has 0 radical (unpaired) electrons. The Kier molecular flexibility index (Phi) is 5.20. The van der Waals surface area contributed by atoms with Crippen LogP contribution in [0.25, 0.3) is 6.08 Å². The number of hydrogen-bond acceptors (Lipinski definition) is 3. The van der Waals surface area contributed by atoms with Crippen LogP contribution >= 0.6 is 0 Å². The Morgan fingerprint density at radius 2 is 2.00 bits per heavy atom. The van der Waals surface area contributed by atoms with Crippen molar-refractivity contribution in [3.63, 3.8) is 0 Å². The van der Waals surface area contributed by atoms with Crippen molar-refractivity contribution in [1.29, 1.82) is 0 Å². The number of unbranched alkanes of at least 4 members (excludes halogenated alkanes) is 1. The summed E-state index contributed by atoms with van der Waals surface area (Å²) in [7, 11) is 0. The van der Waals surface area contributed by atoms with E-state index < -0.39 is 0 Å². The highest BCUT2D eigenvalue weighted by molar-refractivity contribution is 6.12. The summed E-state index contributed by atoms with van der Waals surface area (Å²) in [5, 5.41) is 0. The Hall–Kier alpha value is -2.42. The van der Waals surface area contributed by atoms with Crippen molar-refractivity contribution in [2.75, 3.05) is 13.2 Å². The van der Waals surface area contributed by atoms with E-state index >= 15 is 0 Å². The molecular weight excluding hydrogens is 284 g/mol. The van der Waals surface area contributed by atoms with Crippen molar-refractivity contribution in [1.82, 2.24) is 4.98 Å². The van der Waals surface area contributed by atoms with Crippen LogP contribution < -0.4 is 4.74 Å². The third-order valence-electron chi connectivity index (χ3n) is 3.92. The summed E-state index contributed by atoms with van der Waals surface area (Å²) in [4.78, 5) is 8.70. The van der Waals surface area contributed by atoms with E-state index in [0.29, 0.717) is 0 Å². The number of ether oxygens (including phenoxy) is 1. The maximum atomic E-state index is 5.81. The fraction of sp³-hybridized carbons (Fsp3) is 0.300. The van der Waals surface area contributed by atoms with Gasteiger partial charge in [0.05, 0.1) is 12.3 Å². The number of nitrogens with zero attached hydrogens (tertiary/aromatic N) is 2. The maximum Gasteiger partial charge on any atom is 0.119 e. The lowest BCUT2D eigenvalue weighted by atomic mass is 9.96. The van der Waals surface area contributed by atoms with Crippen LogP contribution in [0.15, 0.2) is 53.8 Å². The lowest BCUT2D eigenvalue weighted by Crippen LogP contribution is -2.11. The molecule has 0 N–H and O–H groups in total. The quantitative estimate of drug-likeness (QED) is 0.745. The minimum Gasteiger partial charge on any atom is -0.494 e. The summed E-state index contributed by atoms with van der Waals surface area (Å²) in [5.41, 5.74) is 4.71. The van der Waals surface area contributed by atoms with E-state index in [4.69, 9.17) is 4.74 Å². The van der Waals surface area contributed by atoms with Gasteiger partial charge in [0, 0.05) is 24.5 Å². The number of aliphatic imine (C=N–C) groups is 1. The summed E-state index contributed by atoms with van der Waals surface area (Å²) in [6, 6.07) is 10.3. The first-order valence-electron chi connectivity index (χ1n) is 8.25. The van der Waals surface area contributed by atoms with Gasteiger partial charge in [0.1, 0.15) is 5.75 Å². The molecule has 0 aliphatic carbocycles. The standard InChI is InChI=1S/C20H22N2O/c1-2-3-14-23-18-5-6-19-17(15-18)10-13-22-20(19)7-4-16-8-11-21-12-9-16/h4-9,11-12,15H,2-3,10,13-14H2,1H3. The van der Waals surface area contributed by atoms with Gasteiger partial charge < -0.3 is 4.74 Å². The van der Waals surface area contributed by atoms with Gasteiger partial charge in [-0.3, -0.25) is 9.98 Å². The van der Waals surface area contributed by atoms with Gasteiger partial charge in [0.2, 0.25) is 0 Å². The molecule has 3 nitrogen and oxygen atoms in total. The summed E-state index contributed by atoms with van der Waals surface area (Å²) in [6.45, 7) is 3.80. The number of allylic oxidation sites excluding steroid dienone is 1. The van der Waals surface area contributed by atoms with E-state index in [0.717, 1.165) is 49.4 Å². The molecule has 0 amide bonds.